The summed E-state index contributed by atoms with van der Waals surface area (Å²) in [6, 6.07) is 14.3. The van der Waals surface area contributed by atoms with Crippen LogP contribution in [0, 0.1) is 0 Å². The largest absolute Gasteiger partial charge is 0.438 e. The Labute approximate surface area is 169 Å². The summed E-state index contributed by atoms with van der Waals surface area (Å²) in [5.74, 6) is -6.38. The molecule has 2 heterocycles. The van der Waals surface area contributed by atoms with Gasteiger partial charge >= 0.3 is 11.7 Å². The van der Waals surface area contributed by atoms with Crippen LogP contribution in [0.3, 0.4) is 0 Å². The molecular formula is C20H16ClF2N3O3. The van der Waals surface area contributed by atoms with Crippen molar-refractivity contribution < 1.29 is 18.1 Å². The number of H-pyrrole nitrogens is 1. The molecule has 0 aliphatic carbocycles. The summed E-state index contributed by atoms with van der Waals surface area (Å²) in [5.41, 5.74) is 0.382. The van der Waals surface area contributed by atoms with Crippen molar-refractivity contribution in [3.8, 4) is 0 Å². The molecule has 4 rings (SSSR count). The van der Waals surface area contributed by atoms with E-state index in [2.05, 4.69) is 14.7 Å². The fourth-order valence-corrected chi connectivity index (χ4v) is 3.88. The van der Waals surface area contributed by atoms with Crippen LogP contribution in [0.25, 0.3) is 0 Å². The van der Waals surface area contributed by atoms with Crippen LogP contribution in [0.4, 0.5) is 8.78 Å². The van der Waals surface area contributed by atoms with Crippen molar-refractivity contribution in [1.82, 2.24) is 15.0 Å². The minimum atomic E-state index is -3.74. The van der Waals surface area contributed by atoms with Crippen LogP contribution in [0.2, 0.25) is 5.02 Å². The van der Waals surface area contributed by atoms with Gasteiger partial charge in [0, 0.05) is 35.5 Å². The summed E-state index contributed by atoms with van der Waals surface area (Å²) < 4.78 is 34.4. The molecule has 0 radical (unpaired) electrons. The zero-order chi connectivity index (χ0) is 20.6. The normalized spacial score (nSPS) is 19.5. The highest BCUT2D eigenvalue weighted by atomic mass is 35.5. The van der Waals surface area contributed by atoms with Gasteiger partial charge in [-0.25, -0.2) is 4.79 Å². The number of rotatable bonds is 4. The number of carbonyl (C=O) groups excluding carboxylic acids is 1. The minimum Gasteiger partial charge on any atom is -0.336 e. The van der Waals surface area contributed by atoms with Gasteiger partial charge in [-0.05, 0) is 17.7 Å². The molecule has 0 spiro atoms. The van der Waals surface area contributed by atoms with Crippen molar-refractivity contribution in [1.29, 1.82) is 0 Å². The zero-order valence-corrected chi connectivity index (χ0v) is 15.8. The van der Waals surface area contributed by atoms with Gasteiger partial charge in [0.15, 0.2) is 5.82 Å². The van der Waals surface area contributed by atoms with Crippen molar-refractivity contribution >= 4 is 17.5 Å². The lowest BCUT2D eigenvalue weighted by Crippen LogP contribution is -2.40. The number of aromatic nitrogens is 2. The molecular weight excluding hydrogens is 404 g/mol. The number of alkyl halides is 2. The maximum absolute atomic E-state index is 14.9. The molecule has 29 heavy (non-hydrogen) atoms. The molecule has 1 saturated heterocycles. The number of hydrogen-bond acceptors (Lipinski definition) is 4. The number of benzene rings is 2. The standard InChI is InChI=1S/C20H16ClF2N3O3/c21-14-8-4-7-13(9-14)20(22,23)18(27)26-10-15(12-5-2-1-3-6-12)16(11-26)17-24-19(28)29-25-17/h1-9,15-16H,10-11H2,(H,24,25,28)/t15-,16+/m1/s1. The van der Waals surface area contributed by atoms with Gasteiger partial charge in [-0.15, -0.1) is 0 Å². The molecule has 0 unspecified atom stereocenters. The van der Waals surface area contributed by atoms with Gasteiger partial charge in [0.1, 0.15) is 0 Å². The van der Waals surface area contributed by atoms with E-state index in [1.807, 2.05) is 30.3 Å². The van der Waals surface area contributed by atoms with Crippen LogP contribution in [0.5, 0.6) is 0 Å². The highest BCUT2D eigenvalue weighted by Gasteiger charge is 2.49. The Bertz CT molecular complexity index is 1080. The van der Waals surface area contributed by atoms with Crippen LogP contribution in [0.1, 0.15) is 28.8 Å². The van der Waals surface area contributed by atoms with E-state index in [1.54, 1.807) is 0 Å². The fourth-order valence-electron chi connectivity index (χ4n) is 3.69. The van der Waals surface area contributed by atoms with E-state index in [0.717, 1.165) is 16.5 Å². The van der Waals surface area contributed by atoms with E-state index in [1.165, 1.54) is 18.2 Å². The summed E-state index contributed by atoms with van der Waals surface area (Å²) in [5, 5.41) is 3.84. The summed E-state index contributed by atoms with van der Waals surface area (Å²) in [6.07, 6.45) is 0. The summed E-state index contributed by atoms with van der Waals surface area (Å²) in [4.78, 5) is 27.7. The Morgan fingerprint density at radius 1 is 1.14 bits per heavy atom. The van der Waals surface area contributed by atoms with Crippen LogP contribution in [-0.4, -0.2) is 34.0 Å². The highest BCUT2D eigenvalue weighted by Crippen LogP contribution is 2.41. The van der Waals surface area contributed by atoms with E-state index in [-0.39, 0.29) is 29.9 Å². The molecule has 1 amide bonds. The minimum absolute atomic E-state index is 0.0307. The van der Waals surface area contributed by atoms with Crippen molar-refractivity contribution in [2.45, 2.75) is 17.8 Å². The molecule has 150 valence electrons. The van der Waals surface area contributed by atoms with E-state index in [0.29, 0.717) is 0 Å². The lowest BCUT2D eigenvalue weighted by atomic mass is 9.88. The van der Waals surface area contributed by atoms with Crippen LogP contribution in [-0.2, 0) is 10.7 Å². The molecule has 6 nitrogen and oxygen atoms in total. The molecule has 0 bridgehead atoms. The second-order valence-corrected chi connectivity index (χ2v) is 7.34. The number of nitrogens with zero attached hydrogens (tertiary/aromatic N) is 2. The van der Waals surface area contributed by atoms with E-state index in [4.69, 9.17) is 11.6 Å². The molecule has 9 heteroatoms. The molecule has 1 aliphatic heterocycles. The van der Waals surface area contributed by atoms with Gasteiger partial charge in [0.05, 0.1) is 0 Å². The number of halogens is 3. The van der Waals surface area contributed by atoms with Gasteiger partial charge in [-0.1, -0.05) is 59.2 Å². The van der Waals surface area contributed by atoms with Gasteiger partial charge in [0.2, 0.25) is 0 Å². The van der Waals surface area contributed by atoms with Crippen LogP contribution < -0.4 is 5.76 Å². The quantitative estimate of drug-likeness (QED) is 0.701. The Morgan fingerprint density at radius 2 is 1.86 bits per heavy atom. The summed E-state index contributed by atoms with van der Waals surface area (Å²) in [6.45, 7) is 0.0234. The van der Waals surface area contributed by atoms with Crippen molar-refractivity contribution in [2.75, 3.05) is 13.1 Å². The van der Waals surface area contributed by atoms with Crippen molar-refractivity contribution in [2.24, 2.45) is 0 Å². The third-order valence-electron chi connectivity index (χ3n) is 5.10. The first-order valence-corrected chi connectivity index (χ1v) is 9.28. The van der Waals surface area contributed by atoms with Crippen LogP contribution in [0.15, 0.2) is 63.9 Å². The second-order valence-electron chi connectivity index (χ2n) is 6.90. The average molecular weight is 420 g/mol. The Kier molecular flexibility index (Phi) is 4.96. The van der Waals surface area contributed by atoms with Gasteiger partial charge < -0.3 is 4.90 Å². The lowest BCUT2D eigenvalue weighted by Gasteiger charge is -2.23. The monoisotopic (exact) mass is 419 g/mol. The molecule has 3 aromatic rings. The zero-order valence-electron chi connectivity index (χ0n) is 15.0. The smallest absolute Gasteiger partial charge is 0.336 e. The SMILES string of the molecule is O=C(N1C[C@H](c2ccccc2)[C@@H](c2noc(=O)[nH]2)C1)C(F)(F)c1cccc(Cl)c1. The summed E-state index contributed by atoms with van der Waals surface area (Å²) >= 11 is 5.81. The Balaban J connectivity index is 1.66. The fraction of sp³-hybridized carbons (Fsp3) is 0.250. The van der Waals surface area contributed by atoms with Gasteiger partial charge in [-0.3, -0.25) is 14.3 Å². The Hall–Kier alpha value is -3.00. The molecule has 2 aromatic carbocycles. The molecule has 0 saturated carbocycles. The second kappa shape index (κ2) is 7.44. The number of carbonyl (C=O) groups is 1. The number of amides is 1. The maximum atomic E-state index is 14.9. The first-order valence-electron chi connectivity index (χ1n) is 8.90. The molecule has 1 aliphatic rings. The van der Waals surface area contributed by atoms with Gasteiger partial charge in [-0.2, -0.15) is 8.78 Å². The number of nitrogens with one attached hydrogen (secondary N) is 1. The topological polar surface area (TPSA) is 79.2 Å². The number of hydrogen-bond donors (Lipinski definition) is 1. The van der Waals surface area contributed by atoms with Crippen molar-refractivity contribution in [3.05, 3.63) is 87.1 Å². The first kappa shape index (κ1) is 19.3. The predicted octanol–water partition coefficient (Wildman–Crippen LogP) is 3.52. The summed E-state index contributed by atoms with van der Waals surface area (Å²) in [7, 11) is 0. The lowest BCUT2D eigenvalue weighted by molar-refractivity contribution is -0.157. The number of aromatic amines is 1. The van der Waals surface area contributed by atoms with E-state index < -0.39 is 29.1 Å². The predicted molar refractivity (Wildman–Crippen MR) is 101 cm³/mol. The highest BCUT2D eigenvalue weighted by molar-refractivity contribution is 6.30. The third kappa shape index (κ3) is 3.67. The maximum Gasteiger partial charge on any atom is 0.438 e. The number of likely N-dealkylation sites (tertiary alicyclic amines) is 1. The van der Waals surface area contributed by atoms with E-state index >= 15 is 0 Å². The average Bonchev–Trinajstić information content (AvgIpc) is 3.34. The van der Waals surface area contributed by atoms with E-state index in [9.17, 15) is 18.4 Å². The van der Waals surface area contributed by atoms with Crippen molar-refractivity contribution in [3.63, 3.8) is 0 Å². The van der Waals surface area contributed by atoms with Crippen LogP contribution >= 0.6 is 11.6 Å². The van der Waals surface area contributed by atoms with Gasteiger partial charge in [0.25, 0.3) is 5.91 Å². The molecule has 2 atom stereocenters. The molecule has 1 N–H and O–H groups in total. The third-order valence-corrected chi connectivity index (χ3v) is 5.33. The molecule has 1 fully saturated rings. The molecule has 1 aromatic heterocycles. The Morgan fingerprint density at radius 3 is 2.52 bits per heavy atom. The first-order chi connectivity index (χ1) is 13.9.